The van der Waals surface area contributed by atoms with Gasteiger partial charge in [-0.1, -0.05) is 5.16 Å². The average Bonchev–Trinajstić information content (AvgIpc) is 2.67. The van der Waals surface area contributed by atoms with Gasteiger partial charge in [0.1, 0.15) is 24.4 Å². The summed E-state index contributed by atoms with van der Waals surface area (Å²) in [6.07, 6.45) is -2.84. The lowest BCUT2D eigenvalue weighted by molar-refractivity contribution is -0.194. The number of hydrogen-bond acceptors (Lipinski definition) is 6. The highest BCUT2D eigenvalue weighted by atomic mass is 16.5. The van der Waals surface area contributed by atoms with E-state index < -0.39 is 24.4 Å². The molecule has 0 aromatic carbocycles. The van der Waals surface area contributed by atoms with E-state index in [2.05, 4.69) is 5.16 Å². The monoisotopic (exact) mass is 201 g/mol. The third-order valence-corrected chi connectivity index (χ3v) is 2.24. The highest BCUT2D eigenvalue weighted by molar-refractivity contribution is 5.04. The Morgan fingerprint density at radius 2 is 2.07 bits per heavy atom. The Balaban J connectivity index is 2.14. The molecule has 0 spiro atoms. The smallest absolute Gasteiger partial charge is 0.168 e. The van der Waals surface area contributed by atoms with Gasteiger partial charge in [-0.2, -0.15) is 0 Å². The third kappa shape index (κ3) is 1.53. The van der Waals surface area contributed by atoms with Gasteiger partial charge < -0.3 is 24.6 Å². The Hall–Kier alpha value is -0.950. The Bertz CT molecular complexity index is 288. The summed E-state index contributed by atoms with van der Waals surface area (Å²) in [6.45, 7) is -0.0381. The molecule has 0 aliphatic carbocycles. The molecule has 6 nitrogen and oxygen atoms in total. The molecule has 4 atom stereocenters. The minimum atomic E-state index is -1.22. The summed E-state index contributed by atoms with van der Waals surface area (Å²) in [5.41, 5.74) is 0. The number of hydrogen-bond donors (Lipinski definition) is 3. The second kappa shape index (κ2) is 3.66. The quantitative estimate of drug-likeness (QED) is 0.529. The molecule has 0 bridgehead atoms. The highest BCUT2D eigenvalue weighted by Gasteiger charge is 2.39. The van der Waals surface area contributed by atoms with Crippen molar-refractivity contribution in [2.24, 2.45) is 0 Å². The van der Waals surface area contributed by atoms with Crippen LogP contribution in [0.15, 0.2) is 16.8 Å². The largest absolute Gasteiger partial charge is 0.388 e. The Morgan fingerprint density at radius 3 is 2.71 bits per heavy atom. The third-order valence-electron chi connectivity index (χ3n) is 2.24. The zero-order valence-electron chi connectivity index (χ0n) is 7.28. The van der Waals surface area contributed by atoms with Gasteiger partial charge in [-0.15, -0.1) is 0 Å². The lowest BCUT2D eigenvalue weighted by atomic mass is 9.99. The minimum absolute atomic E-state index is 0.0381. The fraction of sp³-hybridized carbons (Fsp3) is 0.625. The van der Waals surface area contributed by atoms with Gasteiger partial charge in [0.15, 0.2) is 5.76 Å². The van der Waals surface area contributed by atoms with E-state index in [0.29, 0.717) is 5.76 Å². The van der Waals surface area contributed by atoms with E-state index in [-0.39, 0.29) is 6.61 Å². The number of ether oxygens (including phenoxy) is 1. The molecule has 78 valence electrons. The number of rotatable bonds is 1. The van der Waals surface area contributed by atoms with Gasteiger partial charge in [0.25, 0.3) is 0 Å². The fourth-order valence-electron chi connectivity index (χ4n) is 1.43. The van der Waals surface area contributed by atoms with E-state index in [0.717, 1.165) is 0 Å². The molecule has 0 saturated carbocycles. The van der Waals surface area contributed by atoms with Crippen LogP contribution in [0.3, 0.4) is 0 Å². The Kier molecular flexibility index (Phi) is 2.51. The van der Waals surface area contributed by atoms with E-state index in [1.54, 1.807) is 0 Å². The zero-order valence-corrected chi connectivity index (χ0v) is 7.28. The maximum absolute atomic E-state index is 9.56. The molecular formula is C8H11NO5. The molecule has 0 amide bonds. The molecule has 3 N–H and O–H groups in total. The van der Waals surface area contributed by atoms with Crippen LogP contribution in [-0.4, -0.2) is 45.4 Å². The van der Waals surface area contributed by atoms with Gasteiger partial charge in [0, 0.05) is 6.07 Å². The molecule has 1 saturated heterocycles. The van der Waals surface area contributed by atoms with Gasteiger partial charge >= 0.3 is 0 Å². The second-order valence-corrected chi connectivity index (χ2v) is 3.22. The van der Waals surface area contributed by atoms with Crippen molar-refractivity contribution in [3.63, 3.8) is 0 Å². The second-order valence-electron chi connectivity index (χ2n) is 3.22. The van der Waals surface area contributed by atoms with Gasteiger partial charge in [-0.3, -0.25) is 0 Å². The maximum Gasteiger partial charge on any atom is 0.168 e. The highest BCUT2D eigenvalue weighted by Crippen LogP contribution is 2.28. The van der Waals surface area contributed by atoms with Crippen molar-refractivity contribution in [1.82, 2.24) is 5.16 Å². The van der Waals surface area contributed by atoms with Crippen molar-refractivity contribution in [2.45, 2.75) is 24.4 Å². The van der Waals surface area contributed by atoms with Gasteiger partial charge in [0.2, 0.25) is 0 Å². The summed E-state index contributed by atoms with van der Waals surface area (Å²) >= 11 is 0. The van der Waals surface area contributed by atoms with Crippen LogP contribution in [-0.2, 0) is 4.74 Å². The van der Waals surface area contributed by atoms with Crippen LogP contribution >= 0.6 is 0 Å². The summed E-state index contributed by atoms with van der Waals surface area (Å²) in [7, 11) is 0. The maximum atomic E-state index is 9.56. The van der Waals surface area contributed by atoms with E-state index in [1.165, 1.54) is 12.3 Å². The molecule has 1 fully saturated rings. The Morgan fingerprint density at radius 1 is 1.29 bits per heavy atom. The van der Waals surface area contributed by atoms with Gasteiger partial charge in [-0.25, -0.2) is 0 Å². The molecular weight excluding hydrogens is 190 g/mol. The SMILES string of the molecule is O[C@@H]1[C@H](O)[C@@H](O)CO[C@@H]1c1ccno1. The summed E-state index contributed by atoms with van der Waals surface area (Å²) in [6, 6.07) is 1.54. The molecule has 2 heterocycles. The first-order valence-electron chi connectivity index (χ1n) is 4.26. The molecule has 1 aromatic rings. The fourth-order valence-corrected chi connectivity index (χ4v) is 1.43. The van der Waals surface area contributed by atoms with Gasteiger partial charge in [-0.05, 0) is 0 Å². The number of aliphatic hydroxyl groups is 3. The predicted molar refractivity (Wildman–Crippen MR) is 43.2 cm³/mol. The number of nitrogens with zero attached hydrogens (tertiary/aromatic N) is 1. The van der Waals surface area contributed by atoms with Crippen molar-refractivity contribution in [3.05, 3.63) is 18.0 Å². The molecule has 2 rings (SSSR count). The van der Waals surface area contributed by atoms with E-state index in [4.69, 9.17) is 9.26 Å². The zero-order chi connectivity index (χ0) is 10.1. The molecule has 6 heteroatoms. The van der Waals surface area contributed by atoms with Crippen LogP contribution in [0, 0.1) is 0 Å². The van der Waals surface area contributed by atoms with Crippen LogP contribution in [0.5, 0.6) is 0 Å². The van der Waals surface area contributed by atoms with Crippen molar-refractivity contribution in [2.75, 3.05) is 6.61 Å². The molecule has 1 aliphatic heterocycles. The summed E-state index contributed by atoms with van der Waals surface area (Å²) in [5.74, 6) is 0.337. The summed E-state index contributed by atoms with van der Waals surface area (Å²) < 4.78 is 9.92. The normalized spacial score (nSPS) is 38.5. The first-order valence-corrected chi connectivity index (χ1v) is 4.26. The topological polar surface area (TPSA) is 96.0 Å². The van der Waals surface area contributed by atoms with Crippen LogP contribution in [0.25, 0.3) is 0 Å². The van der Waals surface area contributed by atoms with Crippen LogP contribution in [0.1, 0.15) is 11.9 Å². The first kappa shape index (κ1) is 9.60. The minimum Gasteiger partial charge on any atom is -0.388 e. The Labute approximate surface area is 79.7 Å². The van der Waals surface area contributed by atoms with Crippen LogP contribution in [0.4, 0.5) is 0 Å². The number of aromatic nitrogens is 1. The van der Waals surface area contributed by atoms with E-state index in [9.17, 15) is 15.3 Å². The molecule has 1 aliphatic rings. The van der Waals surface area contributed by atoms with Crippen molar-refractivity contribution < 1.29 is 24.6 Å². The average molecular weight is 201 g/mol. The van der Waals surface area contributed by atoms with Crippen molar-refractivity contribution in [1.29, 1.82) is 0 Å². The lowest BCUT2D eigenvalue weighted by Crippen LogP contribution is -2.48. The summed E-state index contributed by atoms with van der Waals surface area (Å²) in [4.78, 5) is 0. The summed E-state index contributed by atoms with van der Waals surface area (Å²) in [5, 5.41) is 31.6. The van der Waals surface area contributed by atoms with Gasteiger partial charge in [0.05, 0.1) is 12.8 Å². The van der Waals surface area contributed by atoms with E-state index >= 15 is 0 Å². The van der Waals surface area contributed by atoms with Crippen LogP contribution in [0.2, 0.25) is 0 Å². The van der Waals surface area contributed by atoms with Crippen molar-refractivity contribution >= 4 is 0 Å². The predicted octanol–water partition coefficient (Wildman–Crippen LogP) is -1.17. The van der Waals surface area contributed by atoms with Crippen molar-refractivity contribution in [3.8, 4) is 0 Å². The number of aliphatic hydroxyl groups excluding tert-OH is 3. The molecule has 0 radical (unpaired) electrons. The van der Waals surface area contributed by atoms with E-state index in [1.807, 2.05) is 0 Å². The molecule has 1 aromatic heterocycles. The standard InChI is InChI=1S/C8H11NO5/c10-4-3-13-8(7(12)6(4)11)5-1-2-9-14-5/h1-2,4,6-8,10-12H,3H2/t4-,6+,7+,8+/m0/s1. The lowest BCUT2D eigenvalue weighted by Gasteiger charge is -2.33. The van der Waals surface area contributed by atoms with Crippen LogP contribution < -0.4 is 0 Å². The molecule has 14 heavy (non-hydrogen) atoms. The molecule has 0 unspecified atom stereocenters. The first-order chi connectivity index (χ1) is 6.70.